The summed E-state index contributed by atoms with van der Waals surface area (Å²) in [5, 5.41) is 0. The van der Waals surface area contributed by atoms with Crippen LogP contribution < -0.4 is 10.6 Å². The molecule has 1 unspecified atom stereocenters. The molecule has 0 bridgehead atoms. The third-order valence-electron chi connectivity index (χ3n) is 4.43. The van der Waals surface area contributed by atoms with Crippen molar-refractivity contribution < 1.29 is 0 Å². The lowest BCUT2D eigenvalue weighted by atomic mass is 9.99. The van der Waals surface area contributed by atoms with Crippen molar-refractivity contribution >= 4 is 5.82 Å². The predicted molar refractivity (Wildman–Crippen MR) is 87.4 cm³/mol. The third kappa shape index (κ3) is 2.79. The van der Waals surface area contributed by atoms with E-state index in [2.05, 4.69) is 54.1 Å². The Hall–Kier alpha value is -1.87. The van der Waals surface area contributed by atoms with Gasteiger partial charge in [0.1, 0.15) is 5.82 Å². The van der Waals surface area contributed by atoms with Crippen molar-refractivity contribution in [2.24, 2.45) is 5.73 Å². The standard InChI is InChI=1S/C18H23N3/c1-3-17(19)16-11-20-18(10-13(16)2)21-9-8-14-6-4-5-7-15(14)12-21/h4-7,10-11,17H,3,8-9,12,19H2,1-2H3. The molecule has 3 rings (SSSR count). The molecule has 0 saturated carbocycles. The van der Waals surface area contributed by atoms with Crippen LogP contribution in [0, 0.1) is 6.92 Å². The number of aryl methyl sites for hydroxylation is 1. The normalized spacial score (nSPS) is 15.7. The summed E-state index contributed by atoms with van der Waals surface area (Å²) in [6.45, 7) is 6.22. The van der Waals surface area contributed by atoms with Crippen molar-refractivity contribution in [3.8, 4) is 0 Å². The highest BCUT2D eigenvalue weighted by Crippen LogP contribution is 2.26. The second-order valence-corrected chi connectivity index (χ2v) is 5.85. The number of aromatic nitrogens is 1. The van der Waals surface area contributed by atoms with E-state index in [0.717, 1.165) is 31.7 Å². The van der Waals surface area contributed by atoms with Gasteiger partial charge in [-0.1, -0.05) is 31.2 Å². The zero-order valence-corrected chi connectivity index (χ0v) is 12.8. The van der Waals surface area contributed by atoms with Gasteiger partial charge in [-0.05, 0) is 48.1 Å². The van der Waals surface area contributed by atoms with Crippen molar-refractivity contribution in [2.45, 2.75) is 39.3 Å². The Morgan fingerprint density at radius 2 is 2.05 bits per heavy atom. The quantitative estimate of drug-likeness (QED) is 0.938. The van der Waals surface area contributed by atoms with E-state index in [1.54, 1.807) is 0 Å². The van der Waals surface area contributed by atoms with Gasteiger partial charge in [0.25, 0.3) is 0 Å². The van der Waals surface area contributed by atoms with Gasteiger partial charge >= 0.3 is 0 Å². The Morgan fingerprint density at radius 1 is 1.29 bits per heavy atom. The van der Waals surface area contributed by atoms with Crippen LogP contribution in [-0.4, -0.2) is 11.5 Å². The molecule has 0 radical (unpaired) electrons. The Labute approximate surface area is 126 Å². The minimum Gasteiger partial charge on any atom is -0.352 e. The van der Waals surface area contributed by atoms with E-state index in [1.807, 2.05) is 6.20 Å². The Bertz CT molecular complexity index is 636. The van der Waals surface area contributed by atoms with E-state index >= 15 is 0 Å². The Kier molecular flexibility index (Phi) is 3.93. The van der Waals surface area contributed by atoms with Crippen LogP contribution in [0.25, 0.3) is 0 Å². The number of rotatable bonds is 3. The van der Waals surface area contributed by atoms with Gasteiger partial charge < -0.3 is 10.6 Å². The average molecular weight is 281 g/mol. The van der Waals surface area contributed by atoms with E-state index in [-0.39, 0.29) is 6.04 Å². The molecule has 1 aliphatic heterocycles. The first-order valence-electron chi connectivity index (χ1n) is 7.73. The van der Waals surface area contributed by atoms with Crippen LogP contribution in [0.15, 0.2) is 36.5 Å². The largest absolute Gasteiger partial charge is 0.352 e. The molecular weight excluding hydrogens is 258 g/mol. The molecule has 0 saturated heterocycles. The van der Waals surface area contributed by atoms with Crippen LogP contribution in [0.5, 0.6) is 0 Å². The summed E-state index contributed by atoms with van der Waals surface area (Å²) >= 11 is 0. The number of hydrogen-bond acceptors (Lipinski definition) is 3. The molecule has 1 aromatic heterocycles. The molecule has 3 nitrogen and oxygen atoms in total. The second-order valence-electron chi connectivity index (χ2n) is 5.85. The van der Waals surface area contributed by atoms with Crippen LogP contribution >= 0.6 is 0 Å². The molecule has 3 heteroatoms. The number of pyridine rings is 1. The first-order chi connectivity index (χ1) is 10.2. The summed E-state index contributed by atoms with van der Waals surface area (Å²) < 4.78 is 0. The number of nitrogens with two attached hydrogens (primary N) is 1. The molecule has 2 heterocycles. The number of anilines is 1. The van der Waals surface area contributed by atoms with Gasteiger partial charge in [-0.2, -0.15) is 0 Å². The van der Waals surface area contributed by atoms with Gasteiger partial charge in [-0.25, -0.2) is 4.98 Å². The van der Waals surface area contributed by atoms with Gasteiger partial charge in [0.15, 0.2) is 0 Å². The molecule has 0 amide bonds. The monoisotopic (exact) mass is 281 g/mol. The summed E-state index contributed by atoms with van der Waals surface area (Å²) in [6.07, 6.45) is 3.99. The number of hydrogen-bond donors (Lipinski definition) is 1. The minimum absolute atomic E-state index is 0.0913. The summed E-state index contributed by atoms with van der Waals surface area (Å²) in [7, 11) is 0. The summed E-state index contributed by atoms with van der Waals surface area (Å²) in [6, 6.07) is 11.0. The Morgan fingerprint density at radius 3 is 2.76 bits per heavy atom. The van der Waals surface area contributed by atoms with Gasteiger partial charge in [-0.3, -0.25) is 0 Å². The van der Waals surface area contributed by atoms with Crippen molar-refractivity contribution in [2.75, 3.05) is 11.4 Å². The van der Waals surface area contributed by atoms with E-state index in [4.69, 9.17) is 5.73 Å². The lowest BCUT2D eigenvalue weighted by Crippen LogP contribution is -2.31. The summed E-state index contributed by atoms with van der Waals surface area (Å²) in [4.78, 5) is 7.01. The van der Waals surface area contributed by atoms with E-state index in [9.17, 15) is 0 Å². The molecule has 2 aromatic rings. The fraction of sp³-hybridized carbons (Fsp3) is 0.389. The Balaban J connectivity index is 1.84. The maximum absolute atomic E-state index is 6.13. The smallest absolute Gasteiger partial charge is 0.129 e. The molecular formula is C18H23N3. The van der Waals surface area contributed by atoms with Crippen molar-refractivity contribution in [3.63, 3.8) is 0 Å². The molecule has 1 aromatic carbocycles. The predicted octanol–water partition coefficient (Wildman–Crippen LogP) is 3.36. The lowest BCUT2D eigenvalue weighted by molar-refractivity contribution is 0.684. The topological polar surface area (TPSA) is 42.1 Å². The molecule has 0 fully saturated rings. The molecule has 1 aliphatic rings. The van der Waals surface area contributed by atoms with Gasteiger partial charge in [0.2, 0.25) is 0 Å². The zero-order valence-electron chi connectivity index (χ0n) is 12.8. The first-order valence-corrected chi connectivity index (χ1v) is 7.73. The van der Waals surface area contributed by atoms with E-state index in [0.29, 0.717) is 0 Å². The van der Waals surface area contributed by atoms with Crippen molar-refractivity contribution in [3.05, 3.63) is 58.8 Å². The van der Waals surface area contributed by atoms with Gasteiger partial charge in [0.05, 0.1) is 0 Å². The van der Waals surface area contributed by atoms with E-state index in [1.165, 1.54) is 22.3 Å². The molecule has 0 spiro atoms. The van der Waals surface area contributed by atoms with Crippen LogP contribution in [0.1, 0.15) is 41.6 Å². The highest BCUT2D eigenvalue weighted by Gasteiger charge is 2.18. The van der Waals surface area contributed by atoms with Crippen molar-refractivity contribution in [1.82, 2.24) is 4.98 Å². The fourth-order valence-corrected chi connectivity index (χ4v) is 3.02. The molecule has 110 valence electrons. The van der Waals surface area contributed by atoms with Crippen molar-refractivity contribution in [1.29, 1.82) is 0 Å². The fourth-order valence-electron chi connectivity index (χ4n) is 3.02. The van der Waals surface area contributed by atoms with Crippen LogP contribution in [0.4, 0.5) is 5.82 Å². The highest BCUT2D eigenvalue weighted by molar-refractivity contribution is 5.47. The number of benzene rings is 1. The zero-order chi connectivity index (χ0) is 14.8. The van der Waals surface area contributed by atoms with Gasteiger partial charge in [-0.15, -0.1) is 0 Å². The van der Waals surface area contributed by atoms with Crippen LogP contribution in [-0.2, 0) is 13.0 Å². The number of fused-ring (bicyclic) bond motifs is 1. The highest BCUT2D eigenvalue weighted by atomic mass is 15.2. The molecule has 2 N–H and O–H groups in total. The SMILES string of the molecule is CCC(N)c1cnc(N2CCc3ccccc3C2)cc1C. The maximum atomic E-state index is 6.13. The maximum Gasteiger partial charge on any atom is 0.129 e. The van der Waals surface area contributed by atoms with Crippen LogP contribution in [0.3, 0.4) is 0 Å². The minimum atomic E-state index is 0.0913. The summed E-state index contributed by atoms with van der Waals surface area (Å²) in [5.41, 5.74) is 11.4. The molecule has 21 heavy (non-hydrogen) atoms. The van der Waals surface area contributed by atoms with Crippen LogP contribution in [0.2, 0.25) is 0 Å². The first kappa shape index (κ1) is 14.1. The average Bonchev–Trinajstić information content (AvgIpc) is 2.53. The third-order valence-corrected chi connectivity index (χ3v) is 4.43. The molecule has 1 atom stereocenters. The lowest BCUT2D eigenvalue weighted by Gasteiger charge is -2.30. The molecule has 0 aliphatic carbocycles. The van der Waals surface area contributed by atoms with E-state index < -0.39 is 0 Å². The summed E-state index contributed by atoms with van der Waals surface area (Å²) in [5.74, 6) is 1.06. The number of nitrogens with zero attached hydrogens (tertiary/aromatic N) is 2. The van der Waals surface area contributed by atoms with Gasteiger partial charge in [0, 0.05) is 25.3 Å². The second kappa shape index (κ2) is 5.86.